The zero-order chi connectivity index (χ0) is 23.0. The molecule has 1 aliphatic heterocycles. The van der Waals surface area contributed by atoms with Crippen molar-refractivity contribution in [3.63, 3.8) is 0 Å². The molecule has 0 radical (unpaired) electrons. The topological polar surface area (TPSA) is 54.5 Å². The number of nitrogens with zero attached hydrogens (tertiary/aromatic N) is 2. The Morgan fingerprint density at radius 2 is 1.82 bits per heavy atom. The molecule has 1 fully saturated rings. The van der Waals surface area contributed by atoms with Crippen LogP contribution < -0.4 is 10.1 Å². The molecule has 172 valence electrons. The van der Waals surface area contributed by atoms with Gasteiger partial charge in [0, 0.05) is 23.1 Å². The third kappa shape index (κ3) is 6.42. The predicted molar refractivity (Wildman–Crippen MR) is 134 cm³/mol. The van der Waals surface area contributed by atoms with Crippen LogP contribution in [0, 0.1) is 12.8 Å². The molecule has 6 heteroatoms. The highest BCUT2D eigenvalue weighted by atomic mass is 79.9. The molecule has 1 N–H and O–H groups in total. The highest BCUT2D eigenvalue weighted by molar-refractivity contribution is 9.10. The van der Waals surface area contributed by atoms with Crippen LogP contribution in [0.5, 0.6) is 5.75 Å². The molecule has 1 atom stereocenters. The Hall–Kier alpha value is -2.70. The first-order valence-corrected chi connectivity index (χ1v) is 12.3. The third-order valence-corrected chi connectivity index (χ3v) is 6.72. The summed E-state index contributed by atoms with van der Waals surface area (Å²) in [4.78, 5) is 20.2. The number of likely N-dealkylation sites (tertiary alicyclic amines) is 1. The van der Waals surface area contributed by atoms with Crippen molar-refractivity contribution in [2.45, 2.75) is 25.8 Å². The summed E-state index contributed by atoms with van der Waals surface area (Å²) in [5, 5.41) is 3.30. The van der Waals surface area contributed by atoms with Crippen molar-refractivity contribution in [3.8, 4) is 5.75 Å². The van der Waals surface area contributed by atoms with E-state index in [1.54, 1.807) is 6.20 Å². The van der Waals surface area contributed by atoms with Gasteiger partial charge in [-0.3, -0.25) is 14.7 Å². The summed E-state index contributed by atoms with van der Waals surface area (Å²) in [6.45, 7) is 5.36. The number of hydrogen-bond donors (Lipinski definition) is 1. The number of amides is 1. The first-order chi connectivity index (χ1) is 16.1. The van der Waals surface area contributed by atoms with Crippen LogP contribution in [-0.4, -0.2) is 42.0 Å². The number of nitrogens with one attached hydrogen (secondary N) is 1. The SMILES string of the molecule is Cc1cccnc1C(NC(=O)C1CCN(CCOc2ccc(Br)cc2)CC1)c1ccccc1. The van der Waals surface area contributed by atoms with Crippen LogP contribution in [0.25, 0.3) is 0 Å². The fraction of sp³-hybridized carbons (Fsp3) is 0.333. The van der Waals surface area contributed by atoms with E-state index in [4.69, 9.17) is 4.74 Å². The Labute approximate surface area is 204 Å². The average molecular weight is 508 g/mol. The number of benzene rings is 2. The van der Waals surface area contributed by atoms with E-state index >= 15 is 0 Å². The molecule has 0 bridgehead atoms. The zero-order valence-electron chi connectivity index (χ0n) is 18.9. The second-order valence-corrected chi connectivity index (χ2v) is 9.39. The molecule has 5 nitrogen and oxygen atoms in total. The molecule has 3 aromatic rings. The van der Waals surface area contributed by atoms with Gasteiger partial charge in [-0.05, 0) is 74.3 Å². The maximum Gasteiger partial charge on any atom is 0.224 e. The van der Waals surface area contributed by atoms with Crippen LogP contribution >= 0.6 is 15.9 Å². The zero-order valence-corrected chi connectivity index (χ0v) is 20.5. The minimum atomic E-state index is -0.239. The number of piperidine rings is 1. The molecular formula is C27H30BrN3O2. The number of aromatic nitrogens is 1. The lowest BCUT2D eigenvalue weighted by atomic mass is 9.94. The van der Waals surface area contributed by atoms with E-state index in [-0.39, 0.29) is 17.9 Å². The van der Waals surface area contributed by atoms with E-state index < -0.39 is 0 Å². The van der Waals surface area contributed by atoms with E-state index in [2.05, 4.69) is 31.1 Å². The van der Waals surface area contributed by atoms with Gasteiger partial charge in [0.15, 0.2) is 0 Å². The molecule has 2 heterocycles. The first-order valence-electron chi connectivity index (χ1n) is 11.5. The number of rotatable bonds is 8. The van der Waals surface area contributed by atoms with Crippen LogP contribution in [0.3, 0.4) is 0 Å². The summed E-state index contributed by atoms with van der Waals surface area (Å²) < 4.78 is 6.90. The van der Waals surface area contributed by atoms with Crippen molar-refractivity contribution < 1.29 is 9.53 Å². The molecule has 1 aromatic heterocycles. The first kappa shape index (κ1) is 23.5. The normalized spacial score (nSPS) is 15.7. The Morgan fingerprint density at radius 1 is 1.09 bits per heavy atom. The molecule has 0 aliphatic carbocycles. The summed E-state index contributed by atoms with van der Waals surface area (Å²) >= 11 is 3.44. The second-order valence-electron chi connectivity index (χ2n) is 8.48. The molecule has 2 aromatic carbocycles. The number of carbonyl (C=O) groups is 1. The Kier molecular flexibility index (Phi) is 8.13. The van der Waals surface area contributed by atoms with Gasteiger partial charge in [-0.2, -0.15) is 0 Å². The summed E-state index contributed by atoms with van der Waals surface area (Å²) in [5.74, 6) is 1.01. The highest BCUT2D eigenvalue weighted by Gasteiger charge is 2.28. The van der Waals surface area contributed by atoms with Gasteiger partial charge < -0.3 is 10.1 Å². The van der Waals surface area contributed by atoms with Gasteiger partial charge in [0.1, 0.15) is 12.4 Å². The quantitative estimate of drug-likeness (QED) is 0.458. The number of aryl methyl sites for hydroxylation is 1. The van der Waals surface area contributed by atoms with Gasteiger partial charge in [0.25, 0.3) is 0 Å². The molecule has 1 amide bonds. The number of hydrogen-bond acceptors (Lipinski definition) is 4. The van der Waals surface area contributed by atoms with Gasteiger partial charge in [0.2, 0.25) is 5.91 Å². The van der Waals surface area contributed by atoms with Crippen LogP contribution in [-0.2, 0) is 4.79 Å². The fourth-order valence-electron chi connectivity index (χ4n) is 4.26. The van der Waals surface area contributed by atoms with Crippen molar-refractivity contribution in [3.05, 3.63) is 94.2 Å². The highest BCUT2D eigenvalue weighted by Crippen LogP contribution is 2.25. The lowest BCUT2D eigenvalue weighted by molar-refractivity contribution is -0.127. The molecule has 0 saturated carbocycles. The second kappa shape index (κ2) is 11.4. The number of carbonyl (C=O) groups excluding carboxylic acids is 1. The van der Waals surface area contributed by atoms with E-state index in [9.17, 15) is 4.79 Å². The van der Waals surface area contributed by atoms with Gasteiger partial charge in [0.05, 0.1) is 11.7 Å². The van der Waals surface area contributed by atoms with Crippen molar-refractivity contribution in [2.24, 2.45) is 5.92 Å². The minimum absolute atomic E-state index is 0.0175. The number of halogens is 1. The fourth-order valence-corrected chi connectivity index (χ4v) is 4.52. The Bertz CT molecular complexity index is 1030. The van der Waals surface area contributed by atoms with E-state index in [1.807, 2.05) is 73.7 Å². The van der Waals surface area contributed by atoms with Crippen molar-refractivity contribution in [1.82, 2.24) is 15.2 Å². The van der Waals surface area contributed by atoms with Crippen LogP contribution in [0.1, 0.15) is 35.7 Å². The minimum Gasteiger partial charge on any atom is -0.492 e. The monoisotopic (exact) mass is 507 g/mol. The maximum atomic E-state index is 13.2. The molecule has 33 heavy (non-hydrogen) atoms. The largest absolute Gasteiger partial charge is 0.492 e. The predicted octanol–water partition coefficient (Wildman–Crippen LogP) is 5.15. The van der Waals surface area contributed by atoms with Gasteiger partial charge >= 0.3 is 0 Å². The van der Waals surface area contributed by atoms with Gasteiger partial charge in [-0.1, -0.05) is 52.3 Å². The molecule has 1 aliphatic rings. The molecular weight excluding hydrogens is 478 g/mol. The van der Waals surface area contributed by atoms with E-state index in [0.717, 1.165) is 59.5 Å². The summed E-state index contributed by atoms with van der Waals surface area (Å²) in [6, 6.07) is 21.7. The smallest absolute Gasteiger partial charge is 0.224 e. The average Bonchev–Trinajstić information content (AvgIpc) is 2.85. The van der Waals surface area contributed by atoms with Crippen LogP contribution in [0.2, 0.25) is 0 Å². The maximum absolute atomic E-state index is 13.2. The van der Waals surface area contributed by atoms with Crippen LogP contribution in [0.4, 0.5) is 0 Å². The lowest BCUT2D eigenvalue weighted by Gasteiger charge is -2.32. The summed E-state index contributed by atoms with van der Waals surface area (Å²) in [5.41, 5.74) is 3.03. The standard InChI is InChI=1S/C27H30BrN3O2/c1-20-6-5-15-29-25(20)26(21-7-3-2-4-8-21)30-27(32)22-13-16-31(17-14-22)18-19-33-24-11-9-23(28)10-12-24/h2-12,15,22,26H,13-14,16-19H2,1H3,(H,30,32). The molecule has 1 saturated heterocycles. The third-order valence-electron chi connectivity index (χ3n) is 6.19. The molecule has 4 rings (SSSR count). The summed E-state index contributed by atoms with van der Waals surface area (Å²) in [6.07, 6.45) is 3.50. The Balaban J connectivity index is 1.31. The van der Waals surface area contributed by atoms with Gasteiger partial charge in [-0.25, -0.2) is 0 Å². The van der Waals surface area contributed by atoms with Gasteiger partial charge in [-0.15, -0.1) is 0 Å². The Morgan fingerprint density at radius 3 is 2.52 bits per heavy atom. The number of ether oxygens (including phenoxy) is 1. The molecule has 1 unspecified atom stereocenters. The number of pyridine rings is 1. The van der Waals surface area contributed by atoms with E-state index in [1.165, 1.54) is 0 Å². The van der Waals surface area contributed by atoms with Crippen LogP contribution in [0.15, 0.2) is 77.4 Å². The lowest BCUT2D eigenvalue weighted by Crippen LogP contribution is -2.43. The summed E-state index contributed by atoms with van der Waals surface area (Å²) in [7, 11) is 0. The molecule has 0 spiro atoms. The van der Waals surface area contributed by atoms with E-state index in [0.29, 0.717) is 6.61 Å². The van der Waals surface area contributed by atoms with Crippen molar-refractivity contribution in [1.29, 1.82) is 0 Å². The van der Waals surface area contributed by atoms with Crippen molar-refractivity contribution >= 4 is 21.8 Å². The van der Waals surface area contributed by atoms with Crippen molar-refractivity contribution in [2.75, 3.05) is 26.2 Å².